The summed E-state index contributed by atoms with van der Waals surface area (Å²) in [6.07, 6.45) is 1.63. The molecule has 2 aliphatic rings. The van der Waals surface area contributed by atoms with Crippen molar-refractivity contribution in [3.63, 3.8) is 0 Å². The van der Waals surface area contributed by atoms with Crippen LogP contribution in [0.25, 0.3) is 5.76 Å². The summed E-state index contributed by atoms with van der Waals surface area (Å²) in [5, 5.41) is 20.5. The molecule has 0 aliphatic carbocycles. The SMILES string of the molecule is CCCOc1ccc([C@H]2C(=C(O)c3ccc4c(c3)C[C@H](C)O4)C(=O)C(=O)N2c2nnc(C)s2)cc1. The molecule has 5 rings (SSSR count). The number of anilines is 1. The molecule has 35 heavy (non-hydrogen) atoms. The number of aliphatic hydroxyl groups excluding tert-OH is 1. The van der Waals surface area contributed by atoms with Gasteiger partial charge in [0, 0.05) is 12.0 Å². The molecule has 9 heteroatoms. The van der Waals surface area contributed by atoms with Crippen molar-refractivity contribution in [2.45, 2.75) is 45.8 Å². The number of carbonyl (C=O) groups is 2. The standard InChI is InChI=1S/C26H25N3O5S/c1-4-11-33-19-8-5-16(6-9-19)22-21(24(31)25(32)29(22)26-28-27-15(3)35-26)23(30)17-7-10-20-18(13-17)12-14(2)34-20/h5-10,13-14,22,30H,4,11-12H2,1-3H3/t14-,22-/m0/s1. The summed E-state index contributed by atoms with van der Waals surface area (Å²) in [6.45, 7) is 6.36. The van der Waals surface area contributed by atoms with Crippen molar-refractivity contribution in [1.82, 2.24) is 10.2 Å². The Morgan fingerprint density at radius 2 is 1.97 bits per heavy atom. The van der Waals surface area contributed by atoms with Gasteiger partial charge in [0.05, 0.1) is 18.2 Å². The number of amides is 1. The Balaban J connectivity index is 1.62. The van der Waals surface area contributed by atoms with Crippen LogP contribution in [0.1, 0.15) is 48.0 Å². The van der Waals surface area contributed by atoms with E-state index in [-0.39, 0.29) is 17.4 Å². The third-order valence-electron chi connectivity index (χ3n) is 6.00. The number of fused-ring (bicyclic) bond motifs is 1. The predicted molar refractivity (Wildman–Crippen MR) is 132 cm³/mol. The Hall–Kier alpha value is -3.72. The van der Waals surface area contributed by atoms with Crippen LogP contribution in [0, 0.1) is 6.92 Å². The minimum atomic E-state index is -0.856. The molecular weight excluding hydrogens is 466 g/mol. The maximum absolute atomic E-state index is 13.3. The van der Waals surface area contributed by atoms with Gasteiger partial charge in [-0.2, -0.15) is 0 Å². The van der Waals surface area contributed by atoms with Crippen LogP contribution in [0.5, 0.6) is 11.5 Å². The summed E-state index contributed by atoms with van der Waals surface area (Å²) in [5.41, 5.74) is 2.07. The zero-order valence-corrected chi connectivity index (χ0v) is 20.5. The number of hydrogen-bond acceptors (Lipinski definition) is 8. The topological polar surface area (TPSA) is 102 Å². The summed E-state index contributed by atoms with van der Waals surface area (Å²) in [5.74, 6) is -0.301. The molecule has 0 radical (unpaired) electrons. The first kappa shape index (κ1) is 23.0. The second kappa shape index (κ2) is 9.14. The molecule has 1 N–H and O–H groups in total. The summed E-state index contributed by atoms with van der Waals surface area (Å²) in [4.78, 5) is 27.8. The van der Waals surface area contributed by atoms with Crippen LogP contribution in [0.3, 0.4) is 0 Å². The number of aryl methyl sites for hydroxylation is 1. The number of ether oxygens (including phenoxy) is 2. The minimum Gasteiger partial charge on any atom is -0.507 e. The largest absolute Gasteiger partial charge is 0.507 e. The third-order valence-corrected chi connectivity index (χ3v) is 6.84. The Bertz CT molecular complexity index is 1330. The molecule has 1 saturated heterocycles. The molecule has 0 spiro atoms. The first-order valence-corrected chi connectivity index (χ1v) is 12.3. The number of aliphatic hydroxyl groups is 1. The molecule has 1 amide bonds. The highest BCUT2D eigenvalue weighted by Crippen LogP contribution is 2.43. The van der Waals surface area contributed by atoms with E-state index in [1.54, 1.807) is 43.3 Å². The molecule has 0 bridgehead atoms. The molecule has 0 saturated carbocycles. The average Bonchev–Trinajstić information content (AvgIpc) is 3.52. The summed E-state index contributed by atoms with van der Waals surface area (Å²) >= 11 is 1.21. The van der Waals surface area contributed by atoms with Crippen LogP contribution < -0.4 is 14.4 Å². The predicted octanol–water partition coefficient (Wildman–Crippen LogP) is 4.59. The second-order valence-corrected chi connectivity index (χ2v) is 9.81. The average molecular weight is 492 g/mol. The highest BCUT2D eigenvalue weighted by Gasteiger charge is 2.48. The van der Waals surface area contributed by atoms with Crippen LogP contribution >= 0.6 is 11.3 Å². The fourth-order valence-electron chi connectivity index (χ4n) is 4.42. The molecule has 0 unspecified atom stereocenters. The van der Waals surface area contributed by atoms with Gasteiger partial charge in [0.15, 0.2) is 0 Å². The summed E-state index contributed by atoms with van der Waals surface area (Å²) < 4.78 is 11.4. The Morgan fingerprint density at radius 3 is 2.66 bits per heavy atom. The van der Waals surface area contributed by atoms with Gasteiger partial charge in [-0.15, -0.1) is 10.2 Å². The summed E-state index contributed by atoms with van der Waals surface area (Å²) in [7, 11) is 0. The molecule has 2 atom stereocenters. The lowest BCUT2D eigenvalue weighted by atomic mass is 9.94. The maximum Gasteiger partial charge on any atom is 0.301 e. The van der Waals surface area contributed by atoms with Crippen molar-refractivity contribution in [3.8, 4) is 11.5 Å². The quantitative estimate of drug-likeness (QED) is 0.306. The van der Waals surface area contributed by atoms with E-state index in [9.17, 15) is 14.7 Å². The van der Waals surface area contributed by atoms with Crippen LogP contribution in [0.15, 0.2) is 48.0 Å². The van der Waals surface area contributed by atoms with Gasteiger partial charge in [-0.05, 0) is 61.7 Å². The molecule has 1 aromatic heterocycles. The molecular formula is C26H25N3O5S. The van der Waals surface area contributed by atoms with Gasteiger partial charge in [0.1, 0.15) is 28.4 Å². The number of carbonyl (C=O) groups excluding carboxylic acids is 2. The number of aromatic nitrogens is 2. The number of nitrogens with zero attached hydrogens (tertiary/aromatic N) is 3. The van der Waals surface area contributed by atoms with Crippen molar-refractivity contribution in [2.75, 3.05) is 11.5 Å². The van der Waals surface area contributed by atoms with Crippen molar-refractivity contribution in [1.29, 1.82) is 0 Å². The Morgan fingerprint density at radius 1 is 1.20 bits per heavy atom. The van der Waals surface area contributed by atoms with Crippen molar-refractivity contribution in [2.24, 2.45) is 0 Å². The van der Waals surface area contributed by atoms with E-state index >= 15 is 0 Å². The number of rotatable bonds is 6. The lowest BCUT2D eigenvalue weighted by molar-refractivity contribution is -0.132. The Labute approximate surface area is 206 Å². The van der Waals surface area contributed by atoms with Gasteiger partial charge in [0.25, 0.3) is 5.78 Å². The normalized spacial score (nSPS) is 20.7. The molecule has 3 aromatic rings. The van der Waals surface area contributed by atoms with Gasteiger partial charge < -0.3 is 14.6 Å². The molecule has 2 aliphatic heterocycles. The van der Waals surface area contributed by atoms with Crippen LogP contribution in [-0.2, 0) is 16.0 Å². The molecule has 180 valence electrons. The first-order chi connectivity index (χ1) is 16.9. The fourth-order valence-corrected chi connectivity index (χ4v) is 5.13. The van der Waals surface area contributed by atoms with E-state index in [0.717, 1.165) is 17.7 Å². The molecule has 3 heterocycles. The highest BCUT2D eigenvalue weighted by molar-refractivity contribution is 7.15. The van der Waals surface area contributed by atoms with Gasteiger partial charge in [-0.1, -0.05) is 30.4 Å². The smallest absolute Gasteiger partial charge is 0.301 e. The van der Waals surface area contributed by atoms with Gasteiger partial charge in [-0.25, -0.2) is 0 Å². The molecule has 1 fully saturated rings. The second-order valence-electron chi connectivity index (χ2n) is 8.65. The zero-order valence-electron chi connectivity index (χ0n) is 19.6. The van der Waals surface area contributed by atoms with Gasteiger partial charge in [-0.3, -0.25) is 14.5 Å². The zero-order chi connectivity index (χ0) is 24.7. The van der Waals surface area contributed by atoms with E-state index in [1.165, 1.54) is 16.2 Å². The lowest BCUT2D eigenvalue weighted by Gasteiger charge is -2.22. The van der Waals surface area contributed by atoms with Crippen molar-refractivity contribution >= 4 is 33.9 Å². The van der Waals surface area contributed by atoms with Crippen LogP contribution in [-0.4, -0.2) is 39.7 Å². The summed E-state index contributed by atoms with van der Waals surface area (Å²) in [6, 6.07) is 11.6. The third kappa shape index (κ3) is 4.16. The van der Waals surface area contributed by atoms with E-state index in [1.807, 2.05) is 19.9 Å². The van der Waals surface area contributed by atoms with Gasteiger partial charge in [0.2, 0.25) is 5.13 Å². The molecule has 8 nitrogen and oxygen atoms in total. The maximum atomic E-state index is 13.3. The fraction of sp³-hybridized carbons (Fsp3) is 0.308. The van der Waals surface area contributed by atoms with E-state index in [4.69, 9.17) is 9.47 Å². The van der Waals surface area contributed by atoms with E-state index < -0.39 is 17.7 Å². The number of hydrogen-bond donors (Lipinski definition) is 1. The van der Waals surface area contributed by atoms with Gasteiger partial charge >= 0.3 is 5.91 Å². The van der Waals surface area contributed by atoms with Crippen LogP contribution in [0.2, 0.25) is 0 Å². The van der Waals surface area contributed by atoms with E-state index in [0.29, 0.717) is 40.0 Å². The minimum absolute atomic E-state index is 0.0111. The number of benzene rings is 2. The van der Waals surface area contributed by atoms with Crippen LogP contribution in [0.4, 0.5) is 5.13 Å². The van der Waals surface area contributed by atoms with Crippen molar-refractivity contribution < 1.29 is 24.2 Å². The number of Topliss-reactive ketones (excluding diaryl/α,β-unsaturated/α-hetero) is 1. The highest BCUT2D eigenvalue weighted by atomic mass is 32.1. The Kier molecular flexibility index (Phi) is 6.02. The first-order valence-electron chi connectivity index (χ1n) is 11.5. The van der Waals surface area contributed by atoms with E-state index in [2.05, 4.69) is 10.2 Å². The monoisotopic (exact) mass is 491 g/mol. The number of ketones is 1. The lowest BCUT2D eigenvalue weighted by Crippen LogP contribution is -2.29. The van der Waals surface area contributed by atoms with Crippen molar-refractivity contribution in [3.05, 3.63) is 69.7 Å². The molecule has 2 aromatic carbocycles.